The van der Waals surface area contributed by atoms with E-state index in [1.54, 1.807) is 13.2 Å². The third-order valence-corrected chi connectivity index (χ3v) is 2.37. The Morgan fingerprint density at radius 2 is 1.83 bits per heavy atom. The molecule has 0 heterocycles. The first-order valence-corrected chi connectivity index (χ1v) is 7.46. The number of ether oxygens (including phenoxy) is 1. The van der Waals surface area contributed by atoms with E-state index in [2.05, 4.69) is 17.6 Å². The van der Waals surface area contributed by atoms with E-state index in [1.165, 1.54) is 6.08 Å². The predicted molar refractivity (Wildman–Crippen MR) is 83.7 cm³/mol. The Morgan fingerprint density at radius 1 is 1.39 bits per heavy atom. The van der Waals surface area contributed by atoms with Crippen molar-refractivity contribution < 1.29 is 18.4 Å². The van der Waals surface area contributed by atoms with E-state index in [9.17, 15) is 4.79 Å². The SMILES string of the molecule is C=CC.C=CC(=O)OCCCC(C)O[SiH3].CO[SiH3]. The molecular formula is C12H28O4Si2. The van der Waals surface area contributed by atoms with E-state index in [0.29, 0.717) is 12.7 Å². The van der Waals surface area contributed by atoms with Crippen molar-refractivity contribution >= 4 is 26.9 Å². The zero-order chi connectivity index (χ0) is 14.8. The van der Waals surface area contributed by atoms with Crippen molar-refractivity contribution in [3.8, 4) is 0 Å². The topological polar surface area (TPSA) is 44.8 Å². The Bertz CT molecular complexity index is 199. The maximum atomic E-state index is 10.6. The highest BCUT2D eigenvalue weighted by Gasteiger charge is 1.99. The second kappa shape index (κ2) is 21.6. The first kappa shape index (κ1) is 22.5. The minimum Gasteiger partial charge on any atom is -0.463 e. The zero-order valence-corrected chi connectivity index (χ0v) is 16.4. The van der Waals surface area contributed by atoms with Crippen molar-refractivity contribution in [2.75, 3.05) is 13.7 Å². The van der Waals surface area contributed by atoms with Crippen molar-refractivity contribution in [3.05, 3.63) is 25.3 Å². The Balaban J connectivity index is -0.000000315. The van der Waals surface area contributed by atoms with Crippen LogP contribution in [0.2, 0.25) is 0 Å². The molecule has 18 heavy (non-hydrogen) atoms. The van der Waals surface area contributed by atoms with E-state index in [1.807, 2.05) is 13.8 Å². The maximum absolute atomic E-state index is 10.6. The number of carbonyl (C=O) groups is 1. The molecule has 0 aliphatic rings. The predicted octanol–water partition coefficient (Wildman–Crippen LogP) is 0.287. The molecule has 0 aliphatic carbocycles. The molecule has 0 rings (SSSR count). The van der Waals surface area contributed by atoms with Crippen molar-refractivity contribution in [1.82, 2.24) is 0 Å². The highest BCUT2D eigenvalue weighted by atomic mass is 28.2. The van der Waals surface area contributed by atoms with Crippen LogP contribution in [0.15, 0.2) is 25.3 Å². The van der Waals surface area contributed by atoms with E-state index in [0.717, 1.165) is 33.8 Å². The summed E-state index contributed by atoms with van der Waals surface area (Å²) in [5.41, 5.74) is 0. The Hall–Kier alpha value is -0.696. The quantitative estimate of drug-likeness (QED) is 0.232. The van der Waals surface area contributed by atoms with Gasteiger partial charge in [-0.1, -0.05) is 12.7 Å². The zero-order valence-electron chi connectivity index (χ0n) is 12.4. The Morgan fingerprint density at radius 3 is 2.17 bits per heavy atom. The van der Waals surface area contributed by atoms with E-state index in [-0.39, 0.29) is 5.97 Å². The summed E-state index contributed by atoms with van der Waals surface area (Å²) in [7, 11) is 3.32. The van der Waals surface area contributed by atoms with Crippen LogP contribution in [0.25, 0.3) is 0 Å². The second-order valence-electron chi connectivity index (χ2n) is 3.38. The van der Waals surface area contributed by atoms with Crippen molar-refractivity contribution in [1.29, 1.82) is 0 Å². The van der Waals surface area contributed by atoms with Crippen molar-refractivity contribution in [2.24, 2.45) is 0 Å². The van der Waals surface area contributed by atoms with Crippen molar-refractivity contribution in [3.63, 3.8) is 0 Å². The van der Waals surface area contributed by atoms with Crippen LogP contribution in [-0.2, 0) is 18.4 Å². The number of hydrogen-bond donors (Lipinski definition) is 0. The standard InChI is InChI=1S/C8H16O3Si.C3H6.CH6OSi/c1-3-8(9)10-6-4-5-7(2)11-12;1-3-2;1-2-3/h3,7H,1,4-6H2,2,12H3;3H,1H2,2H3;1,3H3. The van der Waals surface area contributed by atoms with Crippen LogP contribution in [-0.4, -0.2) is 46.8 Å². The molecule has 0 aromatic heterocycles. The van der Waals surface area contributed by atoms with E-state index in [4.69, 9.17) is 9.16 Å². The van der Waals surface area contributed by atoms with Gasteiger partial charge in [-0.3, -0.25) is 0 Å². The fraction of sp³-hybridized carbons (Fsp3) is 0.583. The molecule has 0 radical (unpaired) electrons. The molecule has 0 saturated heterocycles. The molecule has 1 unspecified atom stereocenters. The average Bonchev–Trinajstić information content (AvgIpc) is 2.35. The molecule has 0 saturated carbocycles. The summed E-state index contributed by atoms with van der Waals surface area (Å²) in [4.78, 5) is 10.6. The van der Waals surface area contributed by atoms with Crippen LogP contribution in [0, 0.1) is 0 Å². The molecule has 0 aromatic carbocycles. The highest BCUT2D eigenvalue weighted by Crippen LogP contribution is 1.99. The first-order valence-electron chi connectivity index (χ1n) is 5.83. The molecule has 0 aromatic rings. The van der Waals surface area contributed by atoms with Crippen LogP contribution in [0.5, 0.6) is 0 Å². The van der Waals surface area contributed by atoms with Gasteiger partial charge < -0.3 is 13.6 Å². The van der Waals surface area contributed by atoms with Gasteiger partial charge in [-0.05, 0) is 26.7 Å². The fourth-order valence-electron chi connectivity index (χ4n) is 0.720. The lowest BCUT2D eigenvalue weighted by molar-refractivity contribution is -0.137. The molecule has 108 valence electrons. The third-order valence-electron chi connectivity index (χ3n) is 1.57. The lowest BCUT2D eigenvalue weighted by atomic mass is 10.2. The number of carbonyl (C=O) groups excluding carboxylic acids is 1. The van der Waals surface area contributed by atoms with Crippen LogP contribution in [0.3, 0.4) is 0 Å². The molecule has 0 spiro atoms. The van der Waals surface area contributed by atoms with Crippen LogP contribution < -0.4 is 0 Å². The van der Waals surface area contributed by atoms with E-state index < -0.39 is 0 Å². The summed E-state index contributed by atoms with van der Waals surface area (Å²) >= 11 is 0. The van der Waals surface area contributed by atoms with Gasteiger partial charge in [-0.15, -0.1) is 6.58 Å². The number of esters is 1. The van der Waals surface area contributed by atoms with Gasteiger partial charge >= 0.3 is 5.97 Å². The molecule has 6 heteroatoms. The van der Waals surface area contributed by atoms with Crippen LogP contribution in [0.1, 0.15) is 26.7 Å². The van der Waals surface area contributed by atoms with Gasteiger partial charge in [-0.2, -0.15) is 0 Å². The van der Waals surface area contributed by atoms with Crippen LogP contribution >= 0.6 is 0 Å². The van der Waals surface area contributed by atoms with Crippen LogP contribution in [0.4, 0.5) is 0 Å². The molecule has 0 amide bonds. The normalized spacial score (nSPS) is 10.2. The van der Waals surface area contributed by atoms with Gasteiger partial charge in [0.1, 0.15) is 21.0 Å². The minimum atomic E-state index is -0.352. The van der Waals surface area contributed by atoms with Gasteiger partial charge in [0.25, 0.3) is 0 Å². The number of rotatable bonds is 6. The smallest absolute Gasteiger partial charge is 0.330 e. The fourth-order valence-corrected chi connectivity index (χ4v) is 0.956. The molecule has 0 N–H and O–H groups in total. The van der Waals surface area contributed by atoms with Gasteiger partial charge in [0.15, 0.2) is 0 Å². The maximum Gasteiger partial charge on any atom is 0.330 e. The highest BCUT2D eigenvalue weighted by molar-refractivity contribution is 5.98. The lowest BCUT2D eigenvalue weighted by Crippen LogP contribution is -2.08. The molecule has 0 aliphatic heterocycles. The third kappa shape index (κ3) is 29.5. The molecule has 4 nitrogen and oxygen atoms in total. The summed E-state index contributed by atoms with van der Waals surface area (Å²) in [5, 5.41) is 0. The van der Waals surface area contributed by atoms with Crippen molar-refractivity contribution in [2.45, 2.75) is 32.8 Å². The summed E-state index contributed by atoms with van der Waals surface area (Å²) in [5.74, 6) is -0.352. The lowest BCUT2D eigenvalue weighted by Gasteiger charge is -2.08. The molecule has 0 bridgehead atoms. The monoisotopic (exact) mass is 292 g/mol. The summed E-state index contributed by atoms with van der Waals surface area (Å²) in [6.07, 6.45) is 5.00. The van der Waals surface area contributed by atoms with Gasteiger partial charge in [0.05, 0.1) is 6.61 Å². The van der Waals surface area contributed by atoms with Gasteiger partial charge in [-0.25, -0.2) is 4.79 Å². The molecular weight excluding hydrogens is 264 g/mol. The first-order chi connectivity index (χ1) is 8.53. The Labute approximate surface area is 117 Å². The Kier molecular flexibility index (Phi) is 26.9. The number of allylic oxidation sites excluding steroid dienone is 1. The van der Waals surface area contributed by atoms with E-state index >= 15 is 0 Å². The van der Waals surface area contributed by atoms with Gasteiger partial charge in [0, 0.05) is 19.3 Å². The average molecular weight is 293 g/mol. The second-order valence-corrected chi connectivity index (χ2v) is 4.66. The minimum absolute atomic E-state index is 0.291. The summed E-state index contributed by atoms with van der Waals surface area (Å²) in [6, 6.07) is 0. The molecule has 1 atom stereocenters. The molecule has 0 fully saturated rings. The summed E-state index contributed by atoms with van der Waals surface area (Å²) in [6.45, 7) is 11.0. The summed E-state index contributed by atoms with van der Waals surface area (Å²) < 4.78 is 14.3. The van der Waals surface area contributed by atoms with Gasteiger partial charge in [0.2, 0.25) is 0 Å². The number of hydrogen-bond acceptors (Lipinski definition) is 4. The largest absolute Gasteiger partial charge is 0.463 e.